The van der Waals surface area contributed by atoms with Crippen LogP contribution in [-0.4, -0.2) is 51.7 Å². The van der Waals surface area contributed by atoms with Gasteiger partial charge < -0.3 is 10.1 Å². The predicted molar refractivity (Wildman–Crippen MR) is 104 cm³/mol. The second-order valence-electron chi connectivity index (χ2n) is 7.54. The van der Waals surface area contributed by atoms with Crippen molar-refractivity contribution >= 4 is 29.4 Å². The Morgan fingerprint density at radius 3 is 2.47 bits per heavy atom. The van der Waals surface area contributed by atoms with Gasteiger partial charge in [-0.1, -0.05) is 25.3 Å². The van der Waals surface area contributed by atoms with Crippen molar-refractivity contribution in [1.82, 2.24) is 10.2 Å². The molecule has 1 aromatic rings. The van der Waals surface area contributed by atoms with E-state index >= 15 is 0 Å². The molecule has 1 fully saturated rings. The largest absolute Gasteiger partial charge is 0.451 e. The van der Waals surface area contributed by atoms with E-state index in [0.29, 0.717) is 4.90 Å². The molecular formula is C20H23N3O7. The average molecular weight is 417 g/mol. The van der Waals surface area contributed by atoms with Crippen LogP contribution in [0.25, 0.3) is 0 Å². The van der Waals surface area contributed by atoms with Crippen LogP contribution in [0, 0.1) is 10.1 Å². The maximum absolute atomic E-state index is 12.7. The first-order chi connectivity index (χ1) is 14.2. The van der Waals surface area contributed by atoms with Crippen molar-refractivity contribution in [1.29, 1.82) is 0 Å². The van der Waals surface area contributed by atoms with Gasteiger partial charge in [-0.15, -0.1) is 0 Å². The molecule has 0 unspecified atom stereocenters. The number of hydrogen-bond donors (Lipinski definition) is 1. The Kier molecular flexibility index (Phi) is 6.14. The lowest BCUT2D eigenvalue weighted by molar-refractivity contribution is -0.385. The minimum Gasteiger partial charge on any atom is -0.451 e. The van der Waals surface area contributed by atoms with Gasteiger partial charge in [0, 0.05) is 12.1 Å². The monoisotopic (exact) mass is 417 g/mol. The number of amides is 3. The molecule has 10 nitrogen and oxygen atoms in total. The van der Waals surface area contributed by atoms with Gasteiger partial charge in [-0.25, -0.2) is 4.79 Å². The van der Waals surface area contributed by atoms with Crippen LogP contribution in [0.15, 0.2) is 18.2 Å². The van der Waals surface area contributed by atoms with Crippen molar-refractivity contribution in [2.24, 2.45) is 0 Å². The van der Waals surface area contributed by atoms with Crippen molar-refractivity contribution < 1.29 is 28.8 Å². The summed E-state index contributed by atoms with van der Waals surface area (Å²) in [5, 5.41) is 14.0. The number of ether oxygens (including phenoxy) is 1. The Morgan fingerprint density at radius 1 is 1.17 bits per heavy atom. The molecule has 0 spiro atoms. The summed E-state index contributed by atoms with van der Waals surface area (Å²) < 4.78 is 5.17. The maximum Gasteiger partial charge on any atom is 0.329 e. The van der Waals surface area contributed by atoms with E-state index in [9.17, 15) is 29.3 Å². The van der Waals surface area contributed by atoms with Crippen LogP contribution in [0.5, 0.6) is 0 Å². The normalized spacial score (nSPS) is 18.5. The Bertz CT molecular complexity index is 908. The zero-order chi connectivity index (χ0) is 22.0. The van der Waals surface area contributed by atoms with Gasteiger partial charge in [0.2, 0.25) is 0 Å². The molecule has 1 aromatic carbocycles. The Hall–Kier alpha value is -3.30. The minimum atomic E-state index is -1.35. The van der Waals surface area contributed by atoms with Crippen LogP contribution in [-0.2, 0) is 14.3 Å². The van der Waals surface area contributed by atoms with Crippen LogP contribution >= 0.6 is 0 Å². The summed E-state index contributed by atoms with van der Waals surface area (Å²) in [6, 6.07) is 2.41. The summed E-state index contributed by atoms with van der Waals surface area (Å²) in [4.78, 5) is 61.2. The van der Waals surface area contributed by atoms with E-state index in [0.717, 1.165) is 38.2 Å². The third-order valence-corrected chi connectivity index (χ3v) is 5.46. The first-order valence-electron chi connectivity index (χ1n) is 9.88. The van der Waals surface area contributed by atoms with Gasteiger partial charge in [0.25, 0.3) is 23.4 Å². The zero-order valence-corrected chi connectivity index (χ0v) is 16.8. The van der Waals surface area contributed by atoms with Gasteiger partial charge in [0.1, 0.15) is 11.6 Å². The second-order valence-corrected chi connectivity index (χ2v) is 7.54. The molecule has 1 N–H and O–H groups in total. The fraction of sp³-hybridized carbons (Fsp3) is 0.500. The van der Waals surface area contributed by atoms with E-state index in [2.05, 4.69) is 5.32 Å². The van der Waals surface area contributed by atoms with Gasteiger partial charge >= 0.3 is 5.97 Å². The summed E-state index contributed by atoms with van der Waals surface area (Å²) >= 11 is 0. The van der Waals surface area contributed by atoms with Crippen molar-refractivity contribution in [3.63, 3.8) is 0 Å². The number of nitrogens with zero attached hydrogens (tertiary/aromatic N) is 2. The third-order valence-electron chi connectivity index (χ3n) is 5.46. The lowest BCUT2D eigenvalue weighted by Crippen LogP contribution is -2.47. The molecule has 3 amide bonds. The Labute approximate surface area is 172 Å². The Balaban J connectivity index is 1.68. The molecule has 30 heavy (non-hydrogen) atoms. The summed E-state index contributed by atoms with van der Waals surface area (Å²) in [5.41, 5.74) is -0.999. The van der Waals surface area contributed by atoms with Crippen LogP contribution in [0.2, 0.25) is 0 Å². The molecule has 160 valence electrons. The molecule has 1 aliphatic carbocycles. The maximum atomic E-state index is 12.7. The van der Waals surface area contributed by atoms with Gasteiger partial charge in [0.05, 0.1) is 10.5 Å². The lowest BCUT2D eigenvalue weighted by atomic mass is 9.95. The molecule has 10 heteroatoms. The molecule has 0 radical (unpaired) electrons. The van der Waals surface area contributed by atoms with Gasteiger partial charge in [-0.05, 0) is 32.8 Å². The molecule has 3 rings (SSSR count). The molecule has 2 aliphatic rings. The standard InChI is InChI=1S/C20H23N3O7/c1-11(20(27)30-12(2)17(24)21-13-7-4-3-5-8-13)22-18(25)14-9-6-10-15(23(28)29)16(14)19(22)26/h6,9-13H,3-5,7-8H2,1-2H3,(H,21,24)/t11-,12-/m0/s1. The molecule has 1 saturated carbocycles. The topological polar surface area (TPSA) is 136 Å². The third kappa shape index (κ3) is 4.03. The zero-order valence-electron chi connectivity index (χ0n) is 16.8. The smallest absolute Gasteiger partial charge is 0.329 e. The predicted octanol–water partition coefficient (Wildman–Crippen LogP) is 1.96. The highest BCUT2D eigenvalue weighted by Gasteiger charge is 2.45. The number of hydrogen-bond acceptors (Lipinski definition) is 7. The number of nitro benzene ring substituents is 1. The highest BCUT2D eigenvalue weighted by Crippen LogP contribution is 2.32. The highest BCUT2D eigenvalue weighted by atomic mass is 16.6. The van der Waals surface area contributed by atoms with Crippen LogP contribution < -0.4 is 5.32 Å². The molecule has 0 saturated heterocycles. The van der Waals surface area contributed by atoms with E-state index in [1.165, 1.54) is 26.0 Å². The van der Waals surface area contributed by atoms with E-state index in [-0.39, 0.29) is 17.2 Å². The summed E-state index contributed by atoms with van der Waals surface area (Å²) in [6.07, 6.45) is 3.83. The number of fused-ring (bicyclic) bond motifs is 1. The Morgan fingerprint density at radius 2 is 1.83 bits per heavy atom. The number of benzene rings is 1. The van der Waals surface area contributed by atoms with E-state index in [1.54, 1.807) is 0 Å². The quantitative estimate of drug-likeness (QED) is 0.323. The molecule has 0 bridgehead atoms. The van der Waals surface area contributed by atoms with Gasteiger partial charge in [-0.2, -0.15) is 0 Å². The van der Waals surface area contributed by atoms with Crippen molar-refractivity contribution in [3.8, 4) is 0 Å². The van der Waals surface area contributed by atoms with Crippen LogP contribution in [0.1, 0.15) is 66.7 Å². The number of carbonyl (C=O) groups is 4. The van der Waals surface area contributed by atoms with Crippen LogP contribution in [0.4, 0.5) is 5.69 Å². The first-order valence-corrected chi connectivity index (χ1v) is 9.88. The van der Waals surface area contributed by atoms with Gasteiger partial charge in [-0.3, -0.25) is 29.4 Å². The number of carbonyl (C=O) groups excluding carboxylic acids is 4. The van der Waals surface area contributed by atoms with Crippen molar-refractivity contribution in [3.05, 3.63) is 39.4 Å². The number of nitro groups is 1. The lowest BCUT2D eigenvalue weighted by Gasteiger charge is -2.26. The number of nitrogens with one attached hydrogen (secondary N) is 1. The highest BCUT2D eigenvalue weighted by molar-refractivity contribution is 6.24. The molecule has 1 heterocycles. The van der Waals surface area contributed by atoms with Gasteiger partial charge in [0.15, 0.2) is 6.10 Å². The summed E-state index contributed by atoms with van der Waals surface area (Å²) in [5.74, 6) is -3.15. The fourth-order valence-electron chi connectivity index (χ4n) is 3.79. The molecule has 2 atom stereocenters. The first kappa shape index (κ1) is 21.4. The number of rotatable bonds is 6. The second kappa shape index (κ2) is 8.60. The van der Waals surface area contributed by atoms with E-state index in [1.807, 2.05) is 0 Å². The fourth-order valence-corrected chi connectivity index (χ4v) is 3.79. The van der Waals surface area contributed by atoms with Crippen LogP contribution in [0.3, 0.4) is 0 Å². The number of imide groups is 1. The minimum absolute atomic E-state index is 0.0432. The van der Waals surface area contributed by atoms with Crippen molar-refractivity contribution in [2.75, 3.05) is 0 Å². The molecular weight excluding hydrogens is 394 g/mol. The number of esters is 1. The SMILES string of the molecule is C[C@H](OC(=O)[C@H](C)N1C(=O)c2cccc([N+](=O)[O-])c2C1=O)C(=O)NC1CCCCC1. The molecule has 0 aromatic heterocycles. The van der Waals surface area contributed by atoms with E-state index in [4.69, 9.17) is 4.74 Å². The summed E-state index contributed by atoms with van der Waals surface area (Å²) in [7, 11) is 0. The summed E-state index contributed by atoms with van der Waals surface area (Å²) in [6.45, 7) is 2.69. The van der Waals surface area contributed by atoms with Crippen molar-refractivity contribution in [2.45, 2.75) is 64.1 Å². The molecule has 1 aliphatic heterocycles. The average Bonchev–Trinajstić information content (AvgIpc) is 2.98. The van der Waals surface area contributed by atoms with E-state index < -0.39 is 46.4 Å².